The molecule has 2 rings (SSSR count). The van der Waals surface area contributed by atoms with E-state index in [1.807, 2.05) is 0 Å². The third-order valence-corrected chi connectivity index (χ3v) is 5.03. The summed E-state index contributed by atoms with van der Waals surface area (Å²) in [4.78, 5) is 34.3. The van der Waals surface area contributed by atoms with Crippen LogP contribution in [-0.2, 0) is 0 Å². The van der Waals surface area contributed by atoms with Gasteiger partial charge in [-0.05, 0) is 30.2 Å². The summed E-state index contributed by atoms with van der Waals surface area (Å²) in [6.07, 6.45) is 4.11. The molecule has 144 valence electrons. The van der Waals surface area contributed by atoms with Crippen LogP contribution >= 0.6 is 11.3 Å². The number of carbonyl (C=O) groups excluding carboxylic acids is 1. The third-order valence-electron chi connectivity index (χ3n) is 3.85. The van der Waals surface area contributed by atoms with E-state index in [4.69, 9.17) is 0 Å². The molecule has 27 heavy (non-hydrogen) atoms. The first-order chi connectivity index (χ1) is 12.9. The van der Waals surface area contributed by atoms with Crippen molar-refractivity contribution in [2.24, 2.45) is 0 Å². The molecular formula is C18H21N3O5S. The van der Waals surface area contributed by atoms with Gasteiger partial charge < -0.3 is 15.7 Å². The Morgan fingerprint density at radius 3 is 2.48 bits per heavy atom. The summed E-state index contributed by atoms with van der Waals surface area (Å²) < 4.78 is 0. The van der Waals surface area contributed by atoms with Crippen molar-refractivity contribution in [3.8, 4) is 10.4 Å². The number of rotatable bonds is 9. The second kappa shape index (κ2) is 9.67. The van der Waals surface area contributed by atoms with Crippen LogP contribution in [0.25, 0.3) is 10.4 Å². The molecule has 1 aromatic heterocycles. The first-order valence-electron chi connectivity index (χ1n) is 8.59. The van der Waals surface area contributed by atoms with E-state index >= 15 is 0 Å². The van der Waals surface area contributed by atoms with Crippen molar-refractivity contribution in [2.75, 3.05) is 11.9 Å². The number of hydrogen-bond acceptors (Lipinski definition) is 5. The van der Waals surface area contributed by atoms with E-state index in [-0.39, 0.29) is 16.3 Å². The molecule has 8 nitrogen and oxygen atoms in total. The largest absolute Gasteiger partial charge is 0.477 e. The van der Waals surface area contributed by atoms with Crippen LogP contribution in [0, 0.1) is 10.1 Å². The summed E-state index contributed by atoms with van der Waals surface area (Å²) in [6.45, 7) is 2.63. The lowest BCUT2D eigenvalue weighted by Crippen LogP contribution is -2.29. The fraction of sp³-hybridized carbons (Fsp3) is 0.333. The van der Waals surface area contributed by atoms with Crippen LogP contribution in [0.4, 0.5) is 16.2 Å². The van der Waals surface area contributed by atoms with Crippen LogP contribution in [0.2, 0.25) is 0 Å². The van der Waals surface area contributed by atoms with Crippen LogP contribution < -0.4 is 10.6 Å². The van der Waals surface area contributed by atoms with E-state index in [1.54, 1.807) is 18.2 Å². The van der Waals surface area contributed by atoms with Gasteiger partial charge in [-0.1, -0.05) is 26.2 Å². The quantitative estimate of drug-likeness (QED) is 0.324. The minimum Gasteiger partial charge on any atom is -0.477 e. The minimum atomic E-state index is -1.15. The van der Waals surface area contributed by atoms with Crippen LogP contribution in [0.1, 0.15) is 42.3 Å². The first-order valence-corrected chi connectivity index (χ1v) is 9.40. The summed E-state index contributed by atoms with van der Waals surface area (Å²) in [5, 5.41) is 25.4. The topological polar surface area (TPSA) is 122 Å². The van der Waals surface area contributed by atoms with E-state index in [0.29, 0.717) is 17.0 Å². The molecule has 1 heterocycles. The van der Waals surface area contributed by atoms with Gasteiger partial charge in [-0.2, -0.15) is 0 Å². The lowest BCUT2D eigenvalue weighted by atomic mass is 10.1. The number of non-ortho nitro benzene ring substituents is 1. The highest BCUT2D eigenvalue weighted by Crippen LogP contribution is 2.35. The highest BCUT2D eigenvalue weighted by atomic mass is 32.1. The summed E-state index contributed by atoms with van der Waals surface area (Å²) in [6, 6.07) is 6.91. The molecule has 0 saturated carbocycles. The Morgan fingerprint density at radius 1 is 1.19 bits per heavy atom. The maximum Gasteiger partial charge on any atom is 0.348 e. The second-order valence-electron chi connectivity index (χ2n) is 5.90. The number of nitrogens with zero attached hydrogens (tertiary/aromatic N) is 1. The number of thiophene rings is 1. The Labute approximate surface area is 160 Å². The normalized spacial score (nSPS) is 10.4. The standard InChI is InChI=1S/C18H21N3O5S/c1-2-3-4-5-10-19-18(24)20-14-11-15(27-16(14)17(22)23)12-6-8-13(9-7-12)21(25)26/h6-9,11H,2-5,10H2,1H3,(H,22,23)(H2,19,20,24). The molecule has 0 bridgehead atoms. The van der Waals surface area contributed by atoms with Crippen molar-refractivity contribution >= 4 is 34.7 Å². The average molecular weight is 391 g/mol. The Balaban J connectivity index is 2.09. The monoisotopic (exact) mass is 391 g/mol. The zero-order valence-corrected chi connectivity index (χ0v) is 15.7. The van der Waals surface area contributed by atoms with E-state index in [0.717, 1.165) is 37.0 Å². The van der Waals surface area contributed by atoms with E-state index < -0.39 is 16.9 Å². The number of nitro groups is 1. The number of benzene rings is 1. The molecule has 2 amide bonds. The SMILES string of the molecule is CCCCCCNC(=O)Nc1cc(-c2ccc([N+](=O)[O-])cc2)sc1C(=O)O. The smallest absolute Gasteiger partial charge is 0.348 e. The van der Waals surface area contributed by atoms with Gasteiger partial charge in [0.1, 0.15) is 4.88 Å². The fourth-order valence-electron chi connectivity index (χ4n) is 2.45. The van der Waals surface area contributed by atoms with Crippen molar-refractivity contribution in [2.45, 2.75) is 32.6 Å². The van der Waals surface area contributed by atoms with Crippen LogP contribution in [0.5, 0.6) is 0 Å². The lowest BCUT2D eigenvalue weighted by molar-refractivity contribution is -0.384. The van der Waals surface area contributed by atoms with Gasteiger partial charge in [0.2, 0.25) is 0 Å². The lowest BCUT2D eigenvalue weighted by Gasteiger charge is -2.06. The maximum atomic E-state index is 12.0. The molecule has 0 fully saturated rings. The van der Waals surface area contributed by atoms with Crippen molar-refractivity contribution in [3.63, 3.8) is 0 Å². The molecule has 0 atom stereocenters. The number of amides is 2. The van der Waals surface area contributed by atoms with Gasteiger partial charge in [0.25, 0.3) is 5.69 Å². The Morgan fingerprint density at radius 2 is 1.89 bits per heavy atom. The van der Waals surface area contributed by atoms with Gasteiger partial charge in [0, 0.05) is 23.6 Å². The number of carbonyl (C=O) groups is 2. The van der Waals surface area contributed by atoms with Gasteiger partial charge in [0.05, 0.1) is 10.6 Å². The zero-order chi connectivity index (χ0) is 19.8. The Kier molecular flexibility index (Phi) is 7.30. The summed E-state index contributed by atoms with van der Waals surface area (Å²) in [7, 11) is 0. The molecule has 0 saturated heterocycles. The number of carboxylic acid groups (broad SMARTS) is 1. The fourth-order valence-corrected chi connectivity index (χ4v) is 3.41. The van der Waals surface area contributed by atoms with Gasteiger partial charge in [0.15, 0.2) is 0 Å². The summed E-state index contributed by atoms with van der Waals surface area (Å²) in [5.41, 5.74) is 0.794. The summed E-state index contributed by atoms with van der Waals surface area (Å²) >= 11 is 1.000. The number of nitro benzene ring substituents is 1. The predicted octanol–water partition coefficient (Wildman–Crippen LogP) is 4.72. The number of anilines is 1. The van der Waals surface area contributed by atoms with E-state index in [2.05, 4.69) is 17.6 Å². The molecule has 1 aromatic carbocycles. The predicted molar refractivity (Wildman–Crippen MR) is 105 cm³/mol. The molecule has 0 spiro atoms. The molecule has 0 aliphatic rings. The number of aromatic carboxylic acids is 1. The van der Waals surface area contributed by atoms with Crippen molar-refractivity contribution in [1.29, 1.82) is 0 Å². The van der Waals surface area contributed by atoms with Gasteiger partial charge in [-0.25, -0.2) is 9.59 Å². The molecule has 3 N–H and O–H groups in total. The number of carboxylic acids is 1. The second-order valence-corrected chi connectivity index (χ2v) is 6.96. The van der Waals surface area contributed by atoms with Crippen LogP contribution in [0.15, 0.2) is 30.3 Å². The van der Waals surface area contributed by atoms with Crippen molar-refractivity contribution < 1.29 is 19.6 Å². The Hall–Kier alpha value is -2.94. The molecule has 0 unspecified atom stereocenters. The first kappa shape index (κ1) is 20.4. The summed E-state index contributed by atoms with van der Waals surface area (Å²) in [5.74, 6) is -1.15. The Bertz CT molecular complexity index is 817. The maximum absolute atomic E-state index is 12.0. The minimum absolute atomic E-state index is 0.00415. The molecule has 0 aliphatic carbocycles. The molecule has 0 aliphatic heterocycles. The van der Waals surface area contributed by atoms with E-state index in [1.165, 1.54) is 12.1 Å². The van der Waals surface area contributed by atoms with Crippen LogP contribution in [0.3, 0.4) is 0 Å². The van der Waals surface area contributed by atoms with Gasteiger partial charge in [-0.3, -0.25) is 10.1 Å². The van der Waals surface area contributed by atoms with E-state index in [9.17, 15) is 24.8 Å². The third kappa shape index (κ3) is 5.78. The van der Waals surface area contributed by atoms with Gasteiger partial charge >= 0.3 is 12.0 Å². The number of urea groups is 1. The van der Waals surface area contributed by atoms with Gasteiger partial charge in [-0.15, -0.1) is 11.3 Å². The number of nitrogens with one attached hydrogen (secondary N) is 2. The zero-order valence-electron chi connectivity index (χ0n) is 14.9. The highest BCUT2D eigenvalue weighted by molar-refractivity contribution is 7.18. The van der Waals surface area contributed by atoms with Crippen molar-refractivity contribution in [1.82, 2.24) is 5.32 Å². The average Bonchev–Trinajstić information content (AvgIpc) is 3.05. The number of unbranched alkanes of at least 4 members (excludes halogenated alkanes) is 3. The molecule has 0 radical (unpaired) electrons. The molecule has 9 heteroatoms. The van der Waals surface area contributed by atoms with Crippen LogP contribution in [-0.4, -0.2) is 28.6 Å². The van der Waals surface area contributed by atoms with Crippen molar-refractivity contribution in [3.05, 3.63) is 45.3 Å². The molecular weight excluding hydrogens is 370 g/mol. The highest BCUT2D eigenvalue weighted by Gasteiger charge is 2.18. The number of hydrogen-bond donors (Lipinski definition) is 3. The molecule has 2 aromatic rings.